The zero-order valence-electron chi connectivity index (χ0n) is 9.46. The number of aliphatic hydroxyl groups is 1. The van der Waals surface area contributed by atoms with Gasteiger partial charge in [-0.25, -0.2) is 9.97 Å². The van der Waals surface area contributed by atoms with Crippen molar-refractivity contribution in [3.8, 4) is 0 Å². The van der Waals surface area contributed by atoms with Crippen molar-refractivity contribution in [2.75, 3.05) is 6.61 Å². The first kappa shape index (κ1) is 11.0. The number of rotatable bonds is 3. The molecule has 2 aromatic rings. The highest BCUT2D eigenvalue weighted by molar-refractivity contribution is 5.38. The van der Waals surface area contributed by atoms with E-state index >= 15 is 0 Å². The number of fused-ring (bicyclic) bond motifs is 1. The topological polar surface area (TPSA) is 76.4 Å². The average molecular weight is 220 g/mol. The van der Waals surface area contributed by atoms with E-state index in [4.69, 9.17) is 5.73 Å². The average Bonchev–Trinajstić information content (AvgIpc) is 2.67. The molecule has 0 aliphatic rings. The zero-order valence-corrected chi connectivity index (χ0v) is 9.46. The molecular weight excluding hydrogens is 204 g/mol. The van der Waals surface area contributed by atoms with Gasteiger partial charge in [0.05, 0.1) is 24.0 Å². The Morgan fingerprint density at radius 3 is 2.88 bits per heavy atom. The third kappa shape index (κ3) is 1.68. The van der Waals surface area contributed by atoms with E-state index in [1.54, 1.807) is 6.20 Å². The summed E-state index contributed by atoms with van der Waals surface area (Å²) >= 11 is 0. The lowest BCUT2D eigenvalue weighted by Crippen LogP contribution is -2.18. The van der Waals surface area contributed by atoms with Crippen LogP contribution in [-0.2, 0) is 0 Å². The van der Waals surface area contributed by atoms with Crippen molar-refractivity contribution in [3.63, 3.8) is 0 Å². The maximum Gasteiger partial charge on any atom is 0.234 e. The summed E-state index contributed by atoms with van der Waals surface area (Å²) in [6.07, 6.45) is 3.56. The molecule has 0 amide bonds. The van der Waals surface area contributed by atoms with Gasteiger partial charge in [0.1, 0.15) is 0 Å². The van der Waals surface area contributed by atoms with Gasteiger partial charge in [0, 0.05) is 12.4 Å². The molecule has 5 nitrogen and oxygen atoms in total. The maximum absolute atomic E-state index is 9.19. The second-order valence-corrected chi connectivity index (χ2v) is 4.12. The minimum Gasteiger partial charge on any atom is -0.394 e. The Balaban J connectivity index is 2.69. The molecule has 0 saturated heterocycles. The van der Waals surface area contributed by atoms with Crippen LogP contribution in [0.2, 0.25) is 0 Å². The smallest absolute Gasteiger partial charge is 0.234 e. The SMILES string of the molecule is CC(C)c1nc2ncccn2c1C(N)CO. The Morgan fingerprint density at radius 2 is 2.25 bits per heavy atom. The van der Waals surface area contributed by atoms with Gasteiger partial charge in [-0.15, -0.1) is 0 Å². The van der Waals surface area contributed by atoms with E-state index in [-0.39, 0.29) is 12.5 Å². The van der Waals surface area contributed by atoms with Gasteiger partial charge in [-0.05, 0) is 12.0 Å². The largest absolute Gasteiger partial charge is 0.394 e. The van der Waals surface area contributed by atoms with Gasteiger partial charge in [0.15, 0.2) is 0 Å². The van der Waals surface area contributed by atoms with Gasteiger partial charge in [0.2, 0.25) is 5.78 Å². The van der Waals surface area contributed by atoms with Crippen LogP contribution >= 0.6 is 0 Å². The number of aromatic nitrogens is 3. The molecule has 2 rings (SSSR count). The van der Waals surface area contributed by atoms with E-state index in [2.05, 4.69) is 23.8 Å². The van der Waals surface area contributed by atoms with E-state index < -0.39 is 6.04 Å². The van der Waals surface area contributed by atoms with Crippen LogP contribution in [0, 0.1) is 0 Å². The highest BCUT2D eigenvalue weighted by atomic mass is 16.3. The number of hydrogen-bond donors (Lipinski definition) is 2. The Kier molecular flexibility index (Phi) is 2.89. The first-order valence-corrected chi connectivity index (χ1v) is 5.34. The van der Waals surface area contributed by atoms with Crippen molar-refractivity contribution in [1.82, 2.24) is 14.4 Å². The third-order valence-electron chi connectivity index (χ3n) is 2.56. The lowest BCUT2D eigenvalue weighted by molar-refractivity contribution is 0.264. The van der Waals surface area contributed by atoms with E-state index in [1.165, 1.54) is 0 Å². The summed E-state index contributed by atoms with van der Waals surface area (Å²) in [5.41, 5.74) is 7.66. The summed E-state index contributed by atoms with van der Waals surface area (Å²) in [5, 5.41) is 9.19. The molecule has 0 saturated carbocycles. The minimum absolute atomic E-state index is 0.0948. The Bertz CT molecular complexity index is 492. The molecule has 1 unspecified atom stereocenters. The van der Waals surface area contributed by atoms with Gasteiger partial charge >= 0.3 is 0 Å². The quantitative estimate of drug-likeness (QED) is 0.803. The van der Waals surface area contributed by atoms with Crippen molar-refractivity contribution >= 4 is 5.78 Å². The minimum atomic E-state index is -0.420. The predicted molar refractivity (Wildman–Crippen MR) is 61.1 cm³/mol. The van der Waals surface area contributed by atoms with Crippen molar-refractivity contribution in [1.29, 1.82) is 0 Å². The van der Waals surface area contributed by atoms with E-state index in [0.29, 0.717) is 5.78 Å². The molecule has 1 atom stereocenters. The van der Waals surface area contributed by atoms with Gasteiger partial charge in [-0.1, -0.05) is 13.8 Å². The number of nitrogens with two attached hydrogens (primary N) is 1. The molecule has 2 heterocycles. The van der Waals surface area contributed by atoms with E-state index in [1.807, 2.05) is 16.7 Å². The summed E-state index contributed by atoms with van der Waals surface area (Å²) in [6, 6.07) is 1.41. The van der Waals surface area contributed by atoms with Crippen LogP contribution in [0.25, 0.3) is 5.78 Å². The third-order valence-corrected chi connectivity index (χ3v) is 2.56. The molecule has 0 spiro atoms. The highest BCUT2D eigenvalue weighted by Crippen LogP contribution is 2.23. The Labute approximate surface area is 93.9 Å². The van der Waals surface area contributed by atoms with Crippen LogP contribution in [0.15, 0.2) is 18.5 Å². The molecule has 2 aromatic heterocycles. The first-order valence-electron chi connectivity index (χ1n) is 5.34. The van der Waals surface area contributed by atoms with Crippen molar-refractivity contribution < 1.29 is 5.11 Å². The van der Waals surface area contributed by atoms with Gasteiger partial charge < -0.3 is 10.8 Å². The normalized spacial score (nSPS) is 13.6. The number of hydrogen-bond acceptors (Lipinski definition) is 4. The summed E-state index contributed by atoms with van der Waals surface area (Å²) in [5.74, 6) is 0.888. The maximum atomic E-state index is 9.19. The number of aliphatic hydroxyl groups excluding tert-OH is 1. The number of nitrogens with zero attached hydrogens (tertiary/aromatic N) is 3. The van der Waals surface area contributed by atoms with Crippen LogP contribution in [0.4, 0.5) is 0 Å². The molecule has 86 valence electrons. The highest BCUT2D eigenvalue weighted by Gasteiger charge is 2.20. The molecule has 0 fully saturated rings. The van der Waals surface area contributed by atoms with Crippen molar-refractivity contribution in [2.24, 2.45) is 5.73 Å². The van der Waals surface area contributed by atoms with Crippen LogP contribution in [0.3, 0.4) is 0 Å². The van der Waals surface area contributed by atoms with E-state index in [0.717, 1.165) is 11.4 Å². The van der Waals surface area contributed by atoms with Gasteiger partial charge in [-0.3, -0.25) is 4.40 Å². The molecule has 3 N–H and O–H groups in total. The van der Waals surface area contributed by atoms with E-state index in [9.17, 15) is 5.11 Å². The molecule has 0 aromatic carbocycles. The fourth-order valence-corrected chi connectivity index (χ4v) is 1.80. The van der Waals surface area contributed by atoms with Crippen LogP contribution in [0.1, 0.15) is 37.2 Å². The second-order valence-electron chi connectivity index (χ2n) is 4.12. The fourth-order valence-electron chi connectivity index (χ4n) is 1.80. The molecule has 0 aliphatic heterocycles. The fraction of sp³-hybridized carbons (Fsp3) is 0.455. The second kappa shape index (κ2) is 4.19. The molecule has 5 heteroatoms. The molecule has 0 radical (unpaired) electrons. The molecule has 0 bridgehead atoms. The van der Waals surface area contributed by atoms with Crippen molar-refractivity contribution in [2.45, 2.75) is 25.8 Å². The summed E-state index contributed by atoms with van der Waals surface area (Å²) < 4.78 is 1.84. The predicted octanol–water partition coefficient (Wildman–Crippen LogP) is 0.845. The first-order chi connectivity index (χ1) is 7.65. The summed E-state index contributed by atoms with van der Waals surface area (Å²) in [6.45, 7) is 4.01. The molecular formula is C11H16N4O. The molecule has 0 aliphatic carbocycles. The van der Waals surface area contributed by atoms with Crippen LogP contribution in [-0.4, -0.2) is 26.1 Å². The van der Waals surface area contributed by atoms with Crippen LogP contribution < -0.4 is 5.73 Å². The summed E-state index contributed by atoms with van der Waals surface area (Å²) in [4.78, 5) is 8.62. The van der Waals surface area contributed by atoms with Crippen molar-refractivity contribution in [3.05, 3.63) is 29.8 Å². The molecule has 16 heavy (non-hydrogen) atoms. The lowest BCUT2D eigenvalue weighted by Gasteiger charge is -2.12. The lowest BCUT2D eigenvalue weighted by atomic mass is 10.0. The Hall–Kier alpha value is -1.46. The Morgan fingerprint density at radius 1 is 1.50 bits per heavy atom. The monoisotopic (exact) mass is 220 g/mol. The standard InChI is InChI=1S/C11H16N4O/c1-7(2)9-10(8(12)6-16)15-5-3-4-13-11(15)14-9/h3-5,7-8,16H,6,12H2,1-2H3. The summed E-state index contributed by atoms with van der Waals surface area (Å²) in [7, 11) is 0. The number of imidazole rings is 1. The zero-order chi connectivity index (χ0) is 11.7. The van der Waals surface area contributed by atoms with Gasteiger partial charge in [-0.2, -0.15) is 0 Å². The van der Waals surface area contributed by atoms with Gasteiger partial charge in [0.25, 0.3) is 0 Å². The van der Waals surface area contributed by atoms with Crippen LogP contribution in [0.5, 0.6) is 0 Å².